The second-order valence-corrected chi connectivity index (χ2v) is 8.14. The van der Waals surface area contributed by atoms with Crippen molar-refractivity contribution >= 4 is 29.7 Å². The van der Waals surface area contributed by atoms with Crippen LogP contribution in [0.5, 0.6) is 0 Å². The van der Waals surface area contributed by atoms with Gasteiger partial charge in [-0.3, -0.25) is 0 Å². The molecule has 0 spiro atoms. The summed E-state index contributed by atoms with van der Waals surface area (Å²) in [5.41, 5.74) is -1.10. The van der Waals surface area contributed by atoms with E-state index >= 15 is 8.78 Å². The molecule has 1 aliphatic carbocycles. The van der Waals surface area contributed by atoms with Gasteiger partial charge in [-0.1, -0.05) is 18.1 Å². The first-order valence-corrected chi connectivity index (χ1v) is 9.77. The average Bonchev–Trinajstić information content (AvgIpc) is 2.80. The summed E-state index contributed by atoms with van der Waals surface area (Å²) in [5.74, 6) is -18.7. The number of pyridine rings is 1. The van der Waals surface area contributed by atoms with Gasteiger partial charge in [0.05, 0.1) is 0 Å². The number of fused-ring (bicyclic) bond motifs is 2. The summed E-state index contributed by atoms with van der Waals surface area (Å²) < 4.78 is 116. The van der Waals surface area contributed by atoms with E-state index in [1.54, 1.807) is 27.7 Å². The van der Waals surface area contributed by atoms with Crippen LogP contribution in [0.3, 0.4) is 0 Å². The highest BCUT2D eigenvalue weighted by Gasteiger charge is 2.37. The maximum Gasteiger partial charge on any atom is 0.199 e. The van der Waals surface area contributed by atoms with Crippen molar-refractivity contribution in [2.45, 2.75) is 33.6 Å². The smallest absolute Gasteiger partial charge is 0.199 e. The summed E-state index contributed by atoms with van der Waals surface area (Å²) in [6.07, 6.45) is 0. The zero-order valence-electron chi connectivity index (χ0n) is 17.7. The molecule has 2 atom stereocenters. The van der Waals surface area contributed by atoms with Gasteiger partial charge >= 0.3 is 0 Å². The van der Waals surface area contributed by atoms with Crippen LogP contribution in [0.15, 0.2) is 22.2 Å². The van der Waals surface area contributed by atoms with Crippen LogP contribution in [-0.4, -0.2) is 12.8 Å². The van der Waals surface area contributed by atoms with Gasteiger partial charge in [-0.15, -0.1) is 5.47 Å². The fraction of sp³-hybridized carbons (Fsp3) is 0.261. The first-order valence-electron chi connectivity index (χ1n) is 9.77. The van der Waals surface area contributed by atoms with Gasteiger partial charge < -0.3 is 0 Å². The van der Waals surface area contributed by atoms with Crippen LogP contribution in [0.4, 0.5) is 35.1 Å². The van der Waals surface area contributed by atoms with Crippen LogP contribution in [-0.2, 0) is 0 Å². The second-order valence-electron chi connectivity index (χ2n) is 8.14. The molecular weight excluding hydrogens is 453 g/mol. The Balaban J connectivity index is 2.37. The predicted octanol–water partition coefficient (Wildman–Crippen LogP) is 7.01. The summed E-state index contributed by atoms with van der Waals surface area (Å²) in [5, 5.41) is -2.03. The second kappa shape index (κ2) is 7.57. The van der Waals surface area contributed by atoms with Crippen molar-refractivity contribution in [2.24, 2.45) is 5.92 Å². The quantitative estimate of drug-likeness (QED) is 0.123. The van der Waals surface area contributed by atoms with Gasteiger partial charge in [0.1, 0.15) is 18.9 Å². The molecule has 0 amide bonds. The van der Waals surface area contributed by atoms with Crippen molar-refractivity contribution in [3.63, 3.8) is 0 Å². The Morgan fingerprint density at radius 3 is 1.42 bits per heavy atom. The third kappa shape index (κ3) is 2.95. The highest BCUT2D eigenvalue weighted by molar-refractivity contribution is 6.23. The van der Waals surface area contributed by atoms with E-state index in [-0.39, 0.29) is 5.47 Å². The number of hydrogen-bond donors (Lipinski definition) is 0. The lowest BCUT2D eigenvalue weighted by Crippen LogP contribution is -2.22. The monoisotopic (exact) mass is 467 g/mol. The highest BCUT2D eigenvalue weighted by atomic mass is 19.2. The summed E-state index contributed by atoms with van der Waals surface area (Å²) in [4.78, 5) is 3.36. The van der Waals surface area contributed by atoms with Crippen LogP contribution < -0.4 is 0 Å². The van der Waals surface area contributed by atoms with Crippen molar-refractivity contribution in [1.29, 1.82) is 0 Å². The Kier molecular flexibility index (Phi) is 5.33. The normalized spacial score (nSPS) is 19.4. The van der Waals surface area contributed by atoms with Crippen LogP contribution in [0.25, 0.3) is 21.8 Å². The summed E-state index contributed by atoms with van der Waals surface area (Å²) in [6.45, 7) is 6.41. The van der Waals surface area contributed by atoms with E-state index in [0.29, 0.717) is 16.7 Å². The molecule has 0 aliphatic heterocycles. The number of nitrogens with zero attached hydrogens (tertiary/aromatic N) is 1. The number of rotatable bonds is 1. The molecule has 0 saturated carbocycles. The fourth-order valence-corrected chi connectivity index (χ4v) is 4.60. The minimum absolute atomic E-state index is 0.258. The van der Waals surface area contributed by atoms with Crippen molar-refractivity contribution in [3.8, 4) is 0 Å². The van der Waals surface area contributed by atoms with Gasteiger partial charge in [0.15, 0.2) is 46.5 Å². The first kappa shape index (κ1) is 23.3. The molecule has 1 heterocycles. The van der Waals surface area contributed by atoms with E-state index in [9.17, 15) is 26.3 Å². The molecular formula is C23H14BF8N. The SMILES string of the molecule is [B]C1=C(C)C(C)=C(C)C(c2c3c(F)c(F)c(F)c(F)c3nc3c(F)c(F)c(F)c(F)c23)C1C. The molecule has 1 nitrogen and oxygen atoms in total. The molecule has 1 aromatic heterocycles. The lowest BCUT2D eigenvalue weighted by Gasteiger charge is -2.35. The fourth-order valence-electron chi connectivity index (χ4n) is 4.60. The molecule has 10 heteroatoms. The molecule has 4 rings (SSSR count). The van der Waals surface area contributed by atoms with Crippen molar-refractivity contribution < 1.29 is 35.1 Å². The number of benzene rings is 2. The molecule has 0 fully saturated rings. The number of hydrogen-bond acceptors (Lipinski definition) is 1. The highest BCUT2D eigenvalue weighted by Crippen LogP contribution is 2.49. The Morgan fingerprint density at radius 1 is 0.606 bits per heavy atom. The molecule has 0 saturated heterocycles. The molecule has 2 unspecified atom stereocenters. The minimum Gasteiger partial charge on any atom is -0.241 e. The molecule has 3 aromatic rings. The van der Waals surface area contributed by atoms with E-state index in [4.69, 9.17) is 7.85 Å². The third-order valence-corrected chi connectivity index (χ3v) is 6.60. The van der Waals surface area contributed by atoms with E-state index in [1.165, 1.54) is 0 Å². The van der Waals surface area contributed by atoms with Gasteiger partial charge in [-0.2, -0.15) is 0 Å². The maximum atomic E-state index is 15.1. The first-order chi connectivity index (χ1) is 15.3. The van der Waals surface area contributed by atoms with Gasteiger partial charge in [0.2, 0.25) is 0 Å². The topological polar surface area (TPSA) is 12.9 Å². The zero-order valence-corrected chi connectivity index (χ0v) is 17.7. The molecule has 170 valence electrons. The molecule has 0 N–H and O–H groups in total. The van der Waals surface area contributed by atoms with Crippen LogP contribution in [0, 0.1) is 52.5 Å². The average molecular weight is 467 g/mol. The Bertz CT molecular complexity index is 1380. The molecule has 2 radical (unpaired) electrons. The van der Waals surface area contributed by atoms with Crippen molar-refractivity contribution in [3.05, 3.63) is 74.3 Å². The van der Waals surface area contributed by atoms with Crippen molar-refractivity contribution in [2.75, 3.05) is 0 Å². The minimum atomic E-state index is -2.24. The van der Waals surface area contributed by atoms with Crippen LogP contribution in [0.1, 0.15) is 39.2 Å². The zero-order chi connectivity index (χ0) is 24.7. The summed E-state index contributed by atoms with van der Waals surface area (Å²) >= 11 is 0. The van der Waals surface area contributed by atoms with E-state index in [2.05, 4.69) is 4.98 Å². The van der Waals surface area contributed by atoms with E-state index in [0.717, 1.165) is 0 Å². The van der Waals surface area contributed by atoms with E-state index < -0.39 is 85.7 Å². The van der Waals surface area contributed by atoms with Gasteiger partial charge in [-0.05, 0) is 37.8 Å². The van der Waals surface area contributed by atoms with E-state index in [1.807, 2.05) is 0 Å². The third-order valence-electron chi connectivity index (χ3n) is 6.60. The van der Waals surface area contributed by atoms with Crippen LogP contribution >= 0.6 is 0 Å². The van der Waals surface area contributed by atoms with Crippen molar-refractivity contribution in [1.82, 2.24) is 4.98 Å². The summed E-state index contributed by atoms with van der Waals surface area (Å²) in [6, 6.07) is 0. The molecule has 1 aliphatic rings. The molecule has 0 bridgehead atoms. The van der Waals surface area contributed by atoms with Gasteiger partial charge in [-0.25, -0.2) is 40.1 Å². The standard InChI is InChI=1S/C23H14BF8N/c1-5-6(2)9(8(4)13(24)7(5)3)10-11-14(25)16(27)18(29)20(31)22(11)33-23-12(10)15(26)17(28)19(30)21(23)32/h8-9H,1-4H3. The predicted molar refractivity (Wildman–Crippen MR) is 108 cm³/mol. The Labute approximate surface area is 184 Å². The van der Waals surface area contributed by atoms with Gasteiger partial charge in [0.25, 0.3) is 0 Å². The number of allylic oxidation sites excluding steroid dienone is 4. The van der Waals surface area contributed by atoms with Crippen LogP contribution in [0.2, 0.25) is 0 Å². The Morgan fingerprint density at radius 2 is 1.00 bits per heavy atom. The largest absolute Gasteiger partial charge is 0.241 e. The summed E-state index contributed by atoms with van der Waals surface area (Å²) in [7, 11) is 6.16. The Hall–Kier alpha value is -2.91. The molecule has 2 aromatic carbocycles. The number of aromatic nitrogens is 1. The van der Waals surface area contributed by atoms with Gasteiger partial charge in [0, 0.05) is 16.7 Å². The molecule has 33 heavy (non-hydrogen) atoms. The lowest BCUT2D eigenvalue weighted by atomic mass is 9.64. The number of halogens is 8. The maximum absolute atomic E-state index is 15.1. The lowest BCUT2D eigenvalue weighted by molar-refractivity contribution is 0.413.